The minimum absolute atomic E-state index is 0.0201. The van der Waals surface area contributed by atoms with Gasteiger partial charge < -0.3 is 20.4 Å². The van der Waals surface area contributed by atoms with Crippen LogP contribution in [0, 0.1) is 0 Å². The van der Waals surface area contributed by atoms with Crippen LogP contribution >= 0.6 is 0 Å². The number of benzene rings is 1. The van der Waals surface area contributed by atoms with Gasteiger partial charge in [-0.05, 0) is 53.6 Å². The topological polar surface area (TPSA) is 134 Å². The van der Waals surface area contributed by atoms with E-state index in [9.17, 15) is 9.59 Å². The van der Waals surface area contributed by atoms with Crippen LogP contribution in [0.2, 0.25) is 0 Å². The van der Waals surface area contributed by atoms with Crippen LogP contribution in [0.15, 0.2) is 42.7 Å². The number of amides is 3. The molecule has 0 spiro atoms. The molecule has 0 radical (unpaired) electrons. The van der Waals surface area contributed by atoms with Crippen molar-refractivity contribution in [3.63, 3.8) is 0 Å². The Balaban J connectivity index is 1.04. The van der Waals surface area contributed by atoms with Crippen LogP contribution in [0.25, 0.3) is 11.4 Å². The van der Waals surface area contributed by atoms with Gasteiger partial charge in [-0.15, -0.1) is 5.10 Å². The summed E-state index contributed by atoms with van der Waals surface area (Å²) in [6.45, 7) is 2.86. The largest absolute Gasteiger partial charge is 0.339 e. The van der Waals surface area contributed by atoms with E-state index in [1.165, 1.54) is 0 Å². The van der Waals surface area contributed by atoms with Gasteiger partial charge in [0.05, 0.1) is 6.04 Å². The molecule has 2 fully saturated rings. The third-order valence-corrected chi connectivity index (χ3v) is 5.88. The van der Waals surface area contributed by atoms with Crippen molar-refractivity contribution in [2.24, 2.45) is 0 Å². The van der Waals surface area contributed by atoms with Gasteiger partial charge in [0.15, 0.2) is 5.82 Å². The summed E-state index contributed by atoms with van der Waals surface area (Å²) in [5, 5.41) is 17.5. The molecule has 3 amide bonds. The Morgan fingerprint density at radius 3 is 2.44 bits per heavy atom. The molecular weight excluding hydrogens is 436 g/mol. The van der Waals surface area contributed by atoms with Gasteiger partial charge in [0, 0.05) is 62.8 Å². The number of anilines is 2. The predicted molar refractivity (Wildman–Crippen MR) is 124 cm³/mol. The van der Waals surface area contributed by atoms with Crippen molar-refractivity contribution in [1.29, 1.82) is 0 Å². The van der Waals surface area contributed by atoms with Gasteiger partial charge in [-0.3, -0.25) is 4.79 Å². The first kappa shape index (κ1) is 21.7. The van der Waals surface area contributed by atoms with Crippen LogP contribution < -0.4 is 15.5 Å². The number of piperazine rings is 1. The molecular formula is C22H26N10O2. The number of urea groups is 1. The SMILES string of the molecule is O=C(NCCC(=O)N1CCN(c2ncccn2)CC1)Nc1ccc(-c2nnnn2C2CC2)cc1. The van der Waals surface area contributed by atoms with E-state index in [-0.39, 0.29) is 24.9 Å². The molecule has 34 heavy (non-hydrogen) atoms. The lowest BCUT2D eigenvalue weighted by molar-refractivity contribution is -0.131. The van der Waals surface area contributed by atoms with E-state index in [2.05, 4.69) is 41.0 Å². The zero-order valence-corrected chi connectivity index (χ0v) is 18.7. The molecule has 0 unspecified atom stereocenters. The molecule has 1 aromatic carbocycles. The Labute approximate surface area is 196 Å². The number of carbonyl (C=O) groups is 2. The molecule has 3 aromatic rings. The van der Waals surface area contributed by atoms with E-state index in [1.807, 2.05) is 33.8 Å². The molecule has 1 aliphatic carbocycles. The average Bonchev–Trinajstić information content (AvgIpc) is 3.61. The number of carbonyl (C=O) groups excluding carboxylic acids is 2. The third-order valence-electron chi connectivity index (χ3n) is 5.88. The number of nitrogens with one attached hydrogen (secondary N) is 2. The Morgan fingerprint density at radius 2 is 1.74 bits per heavy atom. The molecule has 5 rings (SSSR count). The van der Waals surface area contributed by atoms with E-state index < -0.39 is 0 Å². The Hall–Kier alpha value is -4.09. The summed E-state index contributed by atoms with van der Waals surface area (Å²) in [5.41, 5.74) is 1.55. The number of tetrazole rings is 1. The smallest absolute Gasteiger partial charge is 0.319 e. The zero-order chi connectivity index (χ0) is 23.3. The number of hydrogen-bond acceptors (Lipinski definition) is 8. The minimum Gasteiger partial charge on any atom is -0.339 e. The number of rotatable bonds is 7. The fourth-order valence-corrected chi connectivity index (χ4v) is 3.88. The molecule has 2 aromatic heterocycles. The Morgan fingerprint density at radius 1 is 1.00 bits per heavy atom. The van der Waals surface area contributed by atoms with Crippen LogP contribution in [-0.4, -0.2) is 79.7 Å². The lowest BCUT2D eigenvalue weighted by Gasteiger charge is -2.34. The second kappa shape index (κ2) is 9.81. The third kappa shape index (κ3) is 5.11. The lowest BCUT2D eigenvalue weighted by atomic mass is 10.2. The summed E-state index contributed by atoms with van der Waals surface area (Å²) in [6.07, 6.45) is 5.87. The first-order valence-electron chi connectivity index (χ1n) is 11.4. The van der Waals surface area contributed by atoms with Crippen LogP contribution in [-0.2, 0) is 4.79 Å². The van der Waals surface area contributed by atoms with Gasteiger partial charge >= 0.3 is 6.03 Å². The molecule has 2 N–H and O–H groups in total. The standard InChI is InChI=1S/C22H26N10O2/c33-19(30-12-14-31(15-13-30)21-23-9-1-10-24-21)8-11-25-22(34)26-17-4-2-16(3-5-17)20-27-28-29-32(20)18-6-7-18/h1-5,9-10,18H,6-8,11-15H2,(H2,25,26,34). The van der Waals surface area contributed by atoms with Crippen molar-refractivity contribution in [2.75, 3.05) is 42.9 Å². The summed E-state index contributed by atoms with van der Waals surface area (Å²) in [7, 11) is 0. The van der Waals surface area contributed by atoms with Crippen LogP contribution in [0.3, 0.4) is 0 Å². The highest BCUT2D eigenvalue weighted by Gasteiger charge is 2.28. The normalized spacial score (nSPS) is 15.8. The van der Waals surface area contributed by atoms with E-state index in [1.54, 1.807) is 18.5 Å². The van der Waals surface area contributed by atoms with Crippen LogP contribution in [0.5, 0.6) is 0 Å². The summed E-state index contributed by atoms with van der Waals surface area (Å²) in [6, 6.07) is 9.19. The second-order valence-corrected chi connectivity index (χ2v) is 8.30. The highest BCUT2D eigenvalue weighted by Crippen LogP contribution is 2.36. The van der Waals surface area contributed by atoms with Gasteiger partial charge in [0.25, 0.3) is 0 Å². The van der Waals surface area contributed by atoms with Crippen molar-refractivity contribution < 1.29 is 9.59 Å². The highest BCUT2D eigenvalue weighted by molar-refractivity contribution is 5.89. The van der Waals surface area contributed by atoms with Crippen LogP contribution in [0.4, 0.5) is 16.4 Å². The fraction of sp³-hybridized carbons (Fsp3) is 0.409. The molecule has 176 valence electrons. The average molecular weight is 463 g/mol. The Bertz CT molecular complexity index is 1120. The summed E-state index contributed by atoms with van der Waals surface area (Å²) in [4.78, 5) is 37.1. The van der Waals surface area contributed by atoms with E-state index in [4.69, 9.17) is 0 Å². The summed E-state index contributed by atoms with van der Waals surface area (Å²) in [5.74, 6) is 1.43. The lowest BCUT2D eigenvalue weighted by Crippen LogP contribution is -2.49. The first-order chi connectivity index (χ1) is 16.7. The maximum absolute atomic E-state index is 12.5. The van der Waals surface area contributed by atoms with E-state index in [0.29, 0.717) is 43.9 Å². The zero-order valence-electron chi connectivity index (χ0n) is 18.7. The summed E-state index contributed by atoms with van der Waals surface area (Å²) >= 11 is 0. The molecule has 0 bridgehead atoms. The molecule has 1 aliphatic heterocycles. The molecule has 0 atom stereocenters. The van der Waals surface area contributed by atoms with E-state index in [0.717, 1.165) is 24.2 Å². The molecule has 1 saturated carbocycles. The van der Waals surface area contributed by atoms with Gasteiger partial charge in [0.1, 0.15) is 0 Å². The molecule has 12 heteroatoms. The quantitative estimate of drug-likeness (QED) is 0.537. The van der Waals surface area contributed by atoms with Crippen molar-refractivity contribution >= 4 is 23.6 Å². The monoisotopic (exact) mass is 462 g/mol. The predicted octanol–water partition coefficient (Wildman–Crippen LogP) is 1.33. The fourth-order valence-electron chi connectivity index (χ4n) is 3.88. The van der Waals surface area contributed by atoms with Crippen molar-refractivity contribution in [3.8, 4) is 11.4 Å². The minimum atomic E-state index is -0.352. The second-order valence-electron chi connectivity index (χ2n) is 8.30. The Kier molecular flexibility index (Phi) is 6.27. The van der Waals surface area contributed by atoms with Crippen molar-refractivity contribution in [1.82, 2.24) is 40.4 Å². The first-order valence-corrected chi connectivity index (χ1v) is 11.4. The maximum Gasteiger partial charge on any atom is 0.319 e. The van der Waals surface area contributed by atoms with Gasteiger partial charge in [-0.25, -0.2) is 19.4 Å². The van der Waals surface area contributed by atoms with Gasteiger partial charge in [-0.2, -0.15) is 0 Å². The number of nitrogens with zero attached hydrogens (tertiary/aromatic N) is 8. The number of hydrogen-bond donors (Lipinski definition) is 2. The van der Waals surface area contributed by atoms with Gasteiger partial charge in [-0.1, -0.05) is 0 Å². The molecule has 12 nitrogen and oxygen atoms in total. The van der Waals surface area contributed by atoms with Crippen molar-refractivity contribution in [2.45, 2.75) is 25.3 Å². The summed E-state index contributed by atoms with van der Waals surface area (Å²) < 4.78 is 1.85. The van der Waals surface area contributed by atoms with Crippen molar-refractivity contribution in [3.05, 3.63) is 42.7 Å². The molecule has 3 heterocycles. The number of aromatic nitrogens is 6. The van der Waals surface area contributed by atoms with E-state index >= 15 is 0 Å². The highest BCUT2D eigenvalue weighted by atomic mass is 16.2. The molecule has 2 aliphatic rings. The molecule has 1 saturated heterocycles. The van der Waals surface area contributed by atoms with Crippen LogP contribution in [0.1, 0.15) is 25.3 Å². The van der Waals surface area contributed by atoms with Gasteiger partial charge in [0.2, 0.25) is 11.9 Å². The maximum atomic E-state index is 12.5.